The van der Waals surface area contributed by atoms with Crippen molar-refractivity contribution in [1.82, 2.24) is 5.32 Å². The topological polar surface area (TPSA) is 21.3 Å². The van der Waals surface area contributed by atoms with Gasteiger partial charge < -0.3 is 10.1 Å². The van der Waals surface area contributed by atoms with Gasteiger partial charge in [-0.3, -0.25) is 0 Å². The zero-order valence-corrected chi connectivity index (χ0v) is 12.0. The van der Waals surface area contributed by atoms with Crippen LogP contribution >= 0.6 is 0 Å². The predicted molar refractivity (Wildman–Crippen MR) is 74.3 cm³/mol. The van der Waals surface area contributed by atoms with Crippen LogP contribution in [0.15, 0.2) is 0 Å². The number of rotatable bonds is 8. The minimum Gasteiger partial charge on any atom is -0.380 e. The van der Waals surface area contributed by atoms with Crippen LogP contribution in [-0.2, 0) is 4.74 Å². The first-order valence-corrected chi connectivity index (χ1v) is 7.64. The molecule has 0 radical (unpaired) electrons. The first-order valence-electron chi connectivity index (χ1n) is 7.64. The van der Waals surface area contributed by atoms with Gasteiger partial charge in [0.1, 0.15) is 0 Å². The van der Waals surface area contributed by atoms with Gasteiger partial charge in [0, 0.05) is 19.2 Å². The van der Waals surface area contributed by atoms with E-state index in [0.717, 1.165) is 44.1 Å². The fourth-order valence-electron chi connectivity index (χ4n) is 3.18. The van der Waals surface area contributed by atoms with Crippen LogP contribution < -0.4 is 5.32 Å². The number of hydrogen-bond acceptors (Lipinski definition) is 2. The lowest BCUT2D eigenvalue weighted by Gasteiger charge is -2.38. The molecule has 2 unspecified atom stereocenters. The number of nitrogens with one attached hydrogen (secondary N) is 1. The lowest BCUT2D eigenvalue weighted by molar-refractivity contribution is 0.117. The fourth-order valence-corrected chi connectivity index (χ4v) is 3.18. The monoisotopic (exact) mass is 241 g/mol. The van der Waals surface area contributed by atoms with E-state index in [0.29, 0.717) is 0 Å². The Morgan fingerprint density at radius 2 is 1.65 bits per heavy atom. The molecule has 17 heavy (non-hydrogen) atoms. The summed E-state index contributed by atoms with van der Waals surface area (Å²) in [4.78, 5) is 0. The second-order valence-electron chi connectivity index (χ2n) is 5.36. The molecule has 0 saturated heterocycles. The van der Waals surface area contributed by atoms with Gasteiger partial charge >= 0.3 is 0 Å². The minimum absolute atomic E-state index is 0.740. The third-order valence-corrected chi connectivity index (χ3v) is 4.19. The Morgan fingerprint density at radius 3 is 2.18 bits per heavy atom. The van der Waals surface area contributed by atoms with Crippen molar-refractivity contribution in [3.8, 4) is 0 Å². The van der Waals surface area contributed by atoms with E-state index in [9.17, 15) is 0 Å². The van der Waals surface area contributed by atoms with Gasteiger partial charge in [0.25, 0.3) is 0 Å². The summed E-state index contributed by atoms with van der Waals surface area (Å²) in [5.74, 6) is 1.78. The van der Waals surface area contributed by atoms with Crippen molar-refractivity contribution in [2.24, 2.45) is 11.8 Å². The SMILES string of the molecule is CCCOCCNC1C(CC)CCCC1CC. The fraction of sp³-hybridized carbons (Fsp3) is 1.00. The molecular weight excluding hydrogens is 210 g/mol. The standard InChI is InChI=1S/C15H31NO/c1-4-11-17-12-10-16-15-13(5-2)8-7-9-14(15)6-3/h13-16H,4-12H2,1-3H3. The Balaban J connectivity index is 2.29. The van der Waals surface area contributed by atoms with Gasteiger partial charge in [0.2, 0.25) is 0 Å². The highest BCUT2D eigenvalue weighted by molar-refractivity contribution is 4.86. The normalized spacial score (nSPS) is 29.5. The van der Waals surface area contributed by atoms with Crippen molar-refractivity contribution in [3.05, 3.63) is 0 Å². The maximum Gasteiger partial charge on any atom is 0.0591 e. The third kappa shape index (κ3) is 4.97. The molecule has 0 heterocycles. The molecular formula is C15H31NO. The van der Waals surface area contributed by atoms with Crippen LogP contribution in [-0.4, -0.2) is 25.8 Å². The molecule has 0 aromatic heterocycles. The highest BCUT2D eigenvalue weighted by atomic mass is 16.5. The van der Waals surface area contributed by atoms with E-state index in [-0.39, 0.29) is 0 Å². The molecule has 102 valence electrons. The molecule has 2 nitrogen and oxygen atoms in total. The summed E-state index contributed by atoms with van der Waals surface area (Å²) in [6, 6.07) is 0.740. The molecule has 2 heteroatoms. The molecule has 0 aromatic rings. The molecule has 1 aliphatic carbocycles. The third-order valence-electron chi connectivity index (χ3n) is 4.19. The zero-order chi connectivity index (χ0) is 12.5. The average molecular weight is 241 g/mol. The summed E-state index contributed by atoms with van der Waals surface area (Å²) in [5, 5.41) is 3.76. The molecule has 0 aliphatic heterocycles. The van der Waals surface area contributed by atoms with E-state index < -0.39 is 0 Å². The van der Waals surface area contributed by atoms with Crippen molar-refractivity contribution in [3.63, 3.8) is 0 Å². The van der Waals surface area contributed by atoms with E-state index in [1.54, 1.807) is 0 Å². The van der Waals surface area contributed by atoms with Crippen LogP contribution in [0, 0.1) is 11.8 Å². The molecule has 1 N–H and O–H groups in total. The molecule has 1 rings (SSSR count). The van der Waals surface area contributed by atoms with E-state index in [1.807, 2.05) is 0 Å². The summed E-state index contributed by atoms with van der Waals surface area (Å²) in [6.45, 7) is 9.64. The maximum absolute atomic E-state index is 5.55. The Bertz CT molecular complexity index is 172. The molecule has 0 spiro atoms. The van der Waals surface area contributed by atoms with Gasteiger partial charge in [-0.2, -0.15) is 0 Å². The van der Waals surface area contributed by atoms with Crippen molar-refractivity contribution in [2.75, 3.05) is 19.8 Å². The van der Waals surface area contributed by atoms with Crippen LogP contribution in [0.3, 0.4) is 0 Å². The number of ether oxygens (including phenoxy) is 1. The number of hydrogen-bond donors (Lipinski definition) is 1. The molecule has 1 fully saturated rings. The van der Waals surface area contributed by atoms with Gasteiger partial charge in [-0.05, 0) is 31.1 Å². The average Bonchev–Trinajstić information content (AvgIpc) is 2.38. The Hall–Kier alpha value is -0.0800. The van der Waals surface area contributed by atoms with Crippen LogP contribution in [0.25, 0.3) is 0 Å². The maximum atomic E-state index is 5.55. The molecule has 1 saturated carbocycles. The van der Waals surface area contributed by atoms with Gasteiger partial charge in [0.15, 0.2) is 0 Å². The molecule has 0 bridgehead atoms. The van der Waals surface area contributed by atoms with Crippen LogP contribution in [0.5, 0.6) is 0 Å². The van der Waals surface area contributed by atoms with E-state index in [1.165, 1.54) is 32.1 Å². The first kappa shape index (κ1) is 15.0. The van der Waals surface area contributed by atoms with Crippen LogP contribution in [0.4, 0.5) is 0 Å². The predicted octanol–water partition coefficient (Wildman–Crippen LogP) is 3.61. The molecule has 0 amide bonds. The van der Waals surface area contributed by atoms with Crippen LogP contribution in [0.2, 0.25) is 0 Å². The lowest BCUT2D eigenvalue weighted by atomic mass is 9.74. The van der Waals surface area contributed by atoms with Gasteiger partial charge in [-0.1, -0.05) is 40.0 Å². The second kappa shape index (κ2) is 8.93. The lowest BCUT2D eigenvalue weighted by Crippen LogP contribution is -2.45. The van der Waals surface area contributed by atoms with Gasteiger partial charge in [-0.15, -0.1) is 0 Å². The quantitative estimate of drug-likeness (QED) is 0.656. The van der Waals surface area contributed by atoms with E-state index >= 15 is 0 Å². The molecule has 2 atom stereocenters. The summed E-state index contributed by atoms with van der Waals surface area (Å²) < 4.78 is 5.55. The van der Waals surface area contributed by atoms with E-state index in [2.05, 4.69) is 26.1 Å². The van der Waals surface area contributed by atoms with Gasteiger partial charge in [0.05, 0.1) is 6.61 Å². The van der Waals surface area contributed by atoms with Crippen LogP contribution in [0.1, 0.15) is 59.3 Å². The highest BCUT2D eigenvalue weighted by Gasteiger charge is 2.30. The Kier molecular flexibility index (Phi) is 7.87. The van der Waals surface area contributed by atoms with E-state index in [4.69, 9.17) is 4.74 Å². The summed E-state index contributed by atoms with van der Waals surface area (Å²) >= 11 is 0. The van der Waals surface area contributed by atoms with Crippen molar-refractivity contribution in [1.29, 1.82) is 0 Å². The Morgan fingerprint density at radius 1 is 1.00 bits per heavy atom. The minimum atomic E-state index is 0.740. The Labute approximate surface area is 108 Å². The smallest absolute Gasteiger partial charge is 0.0591 e. The molecule has 0 aromatic carbocycles. The van der Waals surface area contributed by atoms with Gasteiger partial charge in [-0.25, -0.2) is 0 Å². The first-order chi connectivity index (χ1) is 8.33. The summed E-state index contributed by atoms with van der Waals surface area (Å²) in [6.07, 6.45) is 8.04. The largest absolute Gasteiger partial charge is 0.380 e. The zero-order valence-electron chi connectivity index (χ0n) is 12.0. The summed E-state index contributed by atoms with van der Waals surface area (Å²) in [7, 11) is 0. The van der Waals surface area contributed by atoms with Crippen molar-refractivity contribution < 1.29 is 4.74 Å². The second-order valence-corrected chi connectivity index (χ2v) is 5.36. The summed E-state index contributed by atoms with van der Waals surface area (Å²) in [5.41, 5.74) is 0. The molecule has 1 aliphatic rings. The van der Waals surface area contributed by atoms with Crippen molar-refractivity contribution >= 4 is 0 Å². The van der Waals surface area contributed by atoms with Crippen molar-refractivity contribution in [2.45, 2.75) is 65.3 Å². The highest BCUT2D eigenvalue weighted by Crippen LogP contribution is 2.33.